The highest BCUT2D eigenvalue weighted by atomic mass is 35.5. The van der Waals surface area contributed by atoms with Crippen molar-refractivity contribution in [3.05, 3.63) is 57.8 Å². The number of para-hydroxylation sites is 1. The summed E-state index contributed by atoms with van der Waals surface area (Å²) in [7, 11) is 0. The summed E-state index contributed by atoms with van der Waals surface area (Å²) < 4.78 is 2.00. The molecule has 0 fully saturated rings. The van der Waals surface area contributed by atoms with Gasteiger partial charge in [-0.1, -0.05) is 35.3 Å². The molecule has 0 spiro atoms. The van der Waals surface area contributed by atoms with Gasteiger partial charge in [0.25, 0.3) is 0 Å². The van der Waals surface area contributed by atoms with Gasteiger partial charge in [0.05, 0.1) is 27.1 Å². The third-order valence-electron chi connectivity index (χ3n) is 3.41. The summed E-state index contributed by atoms with van der Waals surface area (Å²) in [4.78, 5) is 4.63. The van der Waals surface area contributed by atoms with Gasteiger partial charge in [-0.3, -0.25) is 4.57 Å². The molecular weight excluding hydrogens is 327 g/mol. The van der Waals surface area contributed by atoms with Crippen LogP contribution in [0.4, 0.5) is 0 Å². The fourth-order valence-corrected chi connectivity index (χ4v) is 3.09. The van der Waals surface area contributed by atoms with E-state index in [2.05, 4.69) is 4.98 Å². The molecule has 1 unspecified atom stereocenters. The maximum absolute atomic E-state index is 6.41. The van der Waals surface area contributed by atoms with E-state index in [-0.39, 0.29) is 5.38 Å². The lowest BCUT2D eigenvalue weighted by Crippen LogP contribution is -2.04. The molecule has 2 aromatic carbocycles. The van der Waals surface area contributed by atoms with Crippen LogP contribution < -0.4 is 0 Å². The Morgan fingerprint density at radius 2 is 1.90 bits per heavy atom. The van der Waals surface area contributed by atoms with Gasteiger partial charge in [0.15, 0.2) is 0 Å². The molecule has 0 amide bonds. The minimum atomic E-state index is -0.244. The third kappa shape index (κ3) is 2.52. The summed E-state index contributed by atoms with van der Waals surface area (Å²) in [5.41, 5.74) is 3.70. The molecule has 1 atom stereocenters. The van der Waals surface area contributed by atoms with E-state index in [0.717, 1.165) is 28.1 Å². The summed E-state index contributed by atoms with van der Waals surface area (Å²) >= 11 is 18.9. The van der Waals surface area contributed by atoms with E-state index in [9.17, 15) is 0 Å². The molecule has 21 heavy (non-hydrogen) atoms. The summed E-state index contributed by atoms with van der Waals surface area (Å²) in [6.07, 6.45) is 0. The molecule has 0 saturated heterocycles. The SMILES string of the molecule is Cc1cccc(Cl)c1-n1c(C(C)Cl)nc2ccc(Cl)cc21. The van der Waals surface area contributed by atoms with Crippen molar-refractivity contribution in [2.75, 3.05) is 0 Å². The highest BCUT2D eigenvalue weighted by Crippen LogP contribution is 2.34. The number of fused-ring (bicyclic) bond motifs is 1. The predicted octanol–water partition coefficient (Wildman–Crippen LogP) is 5.94. The van der Waals surface area contributed by atoms with Gasteiger partial charge in [0, 0.05) is 5.02 Å². The molecule has 108 valence electrons. The average Bonchev–Trinajstić information content (AvgIpc) is 2.78. The Balaban J connectivity index is 2.44. The molecule has 0 aliphatic rings. The standard InChI is InChI=1S/C16H13Cl3N2/c1-9-4-3-5-12(19)15(9)21-14-8-11(18)6-7-13(14)20-16(21)10(2)17/h3-8,10H,1-2H3. The highest BCUT2D eigenvalue weighted by Gasteiger charge is 2.19. The molecular formula is C16H13Cl3N2. The molecule has 5 heteroatoms. The van der Waals surface area contributed by atoms with Crippen molar-refractivity contribution in [3.8, 4) is 5.69 Å². The van der Waals surface area contributed by atoms with Crippen LogP contribution in [0, 0.1) is 6.92 Å². The average molecular weight is 340 g/mol. The van der Waals surface area contributed by atoms with Gasteiger partial charge in [-0.05, 0) is 43.7 Å². The van der Waals surface area contributed by atoms with Crippen molar-refractivity contribution in [2.45, 2.75) is 19.2 Å². The summed E-state index contributed by atoms with van der Waals surface area (Å²) in [5.74, 6) is 0.755. The lowest BCUT2D eigenvalue weighted by molar-refractivity contribution is 0.878. The quantitative estimate of drug-likeness (QED) is 0.528. The third-order valence-corrected chi connectivity index (χ3v) is 4.15. The molecule has 3 rings (SSSR count). The molecule has 0 bridgehead atoms. The zero-order chi connectivity index (χ0) is 15.1. The molecule has 1 heterocycles. The lowest BCUT2D eigenvalue weighted by atomic mass is 10.2. The van der Waals surface area contributed by atoms with Crippen molar-refractivity contribution in [1.82, 2.24) is 9.55 Å². The van der Waals surface area contributed by atoms with E-state index < -0.39 is 0 Å². The zero-order valence-electron chi connectivity index (χ0n) is 11.6. The van der Waals surface area contributed by atoms with Gasteiger partial charge in [-0.25, -0.2) is 4.98 Å². The second-order valence-electron chi connectivity index (χ2n) is 4.96. The zero-order valence-corrected chi connectivity index (χ0v) is 13.8. The Bertz CT molecular complexity index is 801. The fourth-order valence-electron chi connectivity index (χ4n) is 2.48. The molecule has 0 saturated carbocycles. The number of imidazole rings is 1. The molecule has 0 aliphatic heterocycles. The first-order valence-corrected chi connectivity index (χ1v) is 7.75. The molecule has 0 aliphatic carbocycles. The number of rotatable bonds is 2. The minimum Gasteiger partial charge on any atom is -0.293 e. The Kier molecular flexibility index (Phi) is 3.87. The van der Waals surface area contributed by atoms with Gasteiger partial charge < -0.3 is 0 Å². The van der Waals surface area contributed by atoms with Crippen LogP contribution in [0.3, 0.4) is 0 Å². The van der Waals surface area contributed by atoms with Crippen LogP contribution in [0.5, 0.6) is 0 Å². The predicted molar refractivity (Wildman–Crippen MR) is 90.1 cm³/mol. The first kappa shape index (κ1) is 14.7. The number of hydrogen-bond donors (Lipinski definition) is 0. The lowest BCUT2D eigenvalue weighted by Gasteiger charge is -2.15. The van der Waals surface area contributed by atoms with E-state index >= 15 is 0 Å². The fraction of sp³-hybridized carbons (Fsp3) is 0.188. The van der Waals surface area contributed by atoms with Crippen molar-refractivity contribution in [1.29, 1.82) is 0 Å². The van der Waals surface area contributed by atoms with E-state index in [1.54, 1.807) is 0 Å². The summed E-state index contributed by atoms with van der Waals surface area (Å²) in [6, 6.07) is 11.4. The first-order chi connectivity index (χ1) is 9.99. The Morgan fingerprint density at radius 1 is 1.14 bits per heavy atom. The van der Waals surface area contributed by atoms with Crippen LogP contribution in [-0.2, 0) is 0 Å². The monoisotopic (exact) mass is 338 g/mol. The van der Waals surface area contributed by atoms with Gasteiger partial charge >= 0.3 is 0 Å². The molecule has 3 aromatic rings. The van der Waals surface area contributed by atoms with Crippen LogP contribution in [0.1, 0.15) is 23.7 Å². The Morgan fingerprint density at radius 3 is 2.57 bits per heavy atom. The minimum absolute atomic E-state index is 0.244. The summed E-state index contributed by atoms with van der Waals surface area (Å²) in [5, 5.41) is 1.07. The van der Waals surface area contributed by atoms with Gasteiger partial charge in [0.2, 0.25) is 0 Å². The first-order valence-electron chi connectivity index (χ1n) is 6.56. The smallest absolute Gasteiger partial charge is 0.132 e. The topological polar surface area (TPSA) is 17.8 Å². The van der Waals surface area contributed by atoms with Gasteiger partial charge in [-0.15, -0.1) is 11.6 Å². The van der Waals surface area contributed by atoms with Crippen LogP contribution in [0.15, 0.2) is 36.4 Å². The highest BCUT2D eigenvalue weighted by molar-refractivity contribution is 6.33. The van der Waals surface area contributed by atoms with Crippen LogP contribution in [0.2, 0.25) is 10.0 Å². The van der Waals surface area contributed by atoms with E-state index in [1.807, 2.05) is 54.8 Å². The molecule has 0 N–H and O–H groups in total. The number of aromatic nitrogens is 2. The Hall–Kier alpha value is -1.22. The van der Waals surface area contributed by atoms with Crippen LogP contribution in [-0.4, -0.2) is 9.55 Å². The summed E-state index contributed by atoms with van der Waals surface area (Å²) in [6.45, 7) is 3.91. The number of nitrogens with zero attached hydrogens (tertiary/aromatic N) is 2. The number of benzene rings is 2. The van der Waals surface area contributed by atoms with E-state index in [4.69, 9.17) is 34.8 Å². The maximum atomic E-state index is 6.41. The van der Waals surface area contributed by atoms with E-state index in [0.29, 0.717) is 10.0 Å². The molecule has 1 aromatic heterocycles. The van der Waals surface area contributed by atoms with Crippen molar-refractivity contribution in [3.63, 3.8) is 0 Å². The van der Waals surface area contributed by atoms with Crippen LogP contribution >= 0.6 is 34.8 Å². The van der Waals surface area contributed by atoms with E-state index in [1.165, 1.54) is 0 Å². The van der Waals surface area contributed by atoms with Gasteiger partial charge in [0.1, 0.15) is 5.82 Å². The second kappa shape index (κ2) is 5.53. The van der Waals surface area contributed by atoms with Crippen molar-refractivity contribution < 1.29 is 0 Å². The molecule has 2 nitrogen and oxygen atoms in total. The maximum Gasteiger partial charge on any atom is 0.132 e. The number of halogens is 3. The molecule has 0 radical (unpaired) electrons. The Labute approximate surface area is 138 Å². The van der Waals surface area contributed by atoms with Crippen molar-refractivity contribution >= 4 is 45.8 Å². The second-order valence-corrected chi connectivity index (χ2v) is 6.46. The van der Waals surface area contributed by atoms with Gasteiger partial charge in [-0.2, -0.15) is 0 Å². The number of aryl methyl sites for hydroxylation is 1. The van der Waals surface area contributed by atoms with Crippen LogP contribution in [0.25, 0.3) is 16.7 Å². The number of alkyl halides is 1. The number of hydrogen-bond acceptors (Lipinski definition) is 1. The normalized spacial score (nSPS) is 12.8. The largest absolute Gasteiger partial charge is 0.293 e. The van der Waals surface area contributed by atoms with Crippen molar-refractivity contribution in [2.24, 2.45) is 0 Å².